The predicted octanol–water partition coefficient (Wildman–Crippen LogP) is 5.62. The predicted molar refractivity (Wildman–Crippen MR) is 101 cm³/mol. The van der Waals surface area contributed by atoms with Crippen LogP contribution in [-0.2, 0) is 0 Å². The Morgan fingerprint density at radius 1 is 1.00 bits per heavy atom. The molecule has 0 aliphatic carbocycles. The monoisotopic (exact) mass is 370 g/mol. The number of rotatable bonds is 5. The summed E-state index contributed by atoms with van der Waals surface area (Å²) in [6.45, 7) is 1.75. The van der Waals surface area contributed by atoms with E-state index in [0.29, 0.717) is 33.6 Å². The number of hydrogen-bond donors (Lipinski definition) is 1. The van der Waals surface area contributed by atoms with Crippen LogP contribution in [0, 0.1) is 6.92 Å². The number of hydrogen-bond acceptors (Lipinski definition) is 3. The average Bonchev–Trinajstić information content (AvgIpc) is 2.63. The fraction of sp³-hybridized carbons (Fsp3) is 0.100. The molecule has 0 bridgehead atoms. The van der Waals surface area contributed by atoms with E-state index in [1.165, 1.54) is 0 Å². The Bertz CT molecular complexity index is 917. The number of nitrogens with one attached hydrogen (secondary N) is 1. The SMILES string of the molecule is Cc1nc(-c2ccccc2)ccc1C(=O)Nc1ccccc1SC(F)F. The third-order valence-corrected chi connectivity index (χ3v) is 4.54. The van der Waals surface area contributed by atoms with E-state index in [4.69, 9.17) is 0 Å². The first-order valence-electron chi connectivity index (χ1n) is 7.93. The largest absolute Gasteiger partial charge is 0.321 e. The van der Waals surface area contributed by atoms with Crippen molar-refractivity contribution in [2.24, 2.45) is 0 Å². The maximum Gasteiger partial charge on any atom is 0.288 e. The van der Waals surface area contributed by atoms with Crippen molar-refractivity contribution in [2.45, 2.75) is 17.6 Å². The molecule has 0 unspecified atom stereocenters. The molecule has 0 aliphatic heterocycles. The van der Waals surface area contributed by atoms with Gasteiger partial charge in [0.1, 0.15) is 0 Å². The summed E-state index contributed by atoms with van der Waals surface area (Å²) in [5, 5.41) is 2.70. The van der Waals surface area contributed by atoms with Crippen LogP contribution >= 0.6 is 11.8 Å². The van der Waals surface area contributed by atoms with Crippen LogP contribution in [-0.4, -0.2) is 16.6 Å². The second-order valence-electron chi connectivity index (χ2n) is 5.52. The molecule has 3 rings (SSSR count). The minimum absolute atomic E-state index is 0.322. The Morgan fingerprint density at radius 2 is 1.69 bits per heavy atom. The van der Waals surface area contributed by atoms with Crippen molar-refractivity contribution in [1.29, 1.82) is 0 Å². The molecule has 0 spiro atoms. The van der Waals surface area contributed by atoms with Crippen LogP contribution in [0.3, 0.4) is 0 Å². The molecule has 2 aromatic carbocycles. The highest BCUT2D eigenvalue weighted by Gasteiger charge is 2.15. The van der Waals surface area contributed by atoms with Gasteiger partial charge in [-0.25, -0.2) is 0 Å². The Morgan fingerprint density at radius 3 is 2.38 bits per heavy atom. The van der Waals surface area contributed by atoms with E-state index in [1.807, 2.05) is 30.3 Å². The summed E-state index contributed by atoms with van der Waals surface area (Å²) in [5.74, 6) is -2.93. The van der Waals surface area contributed by atoms with Gasteiger partial charge in [-0.2, -0.15) is 8.78 Å². The summed E-state index contributed by atoms with van der Waals surface area (Å²) < 4.78 is 25.3. The minimum atomic E-state index is -2.55. The standard InChI is InChI=1S/C20H16F2N2OS/c1-13-15(11-12-16(23-13)14-7-3-2-4-8-14)19(25)24-17-9-5-6-10-18(17)26-20(21)22/h2-12,20H,1H3,(H,24,25). The van der Waals surface area contributed by atoms with Gasteiger partial charge in [-0.15, -0.1) is 0 Å². The summed E-state index contributed by atoms with van der Waals surface area (Å²) in [5.41, 5.74) is 3.06. The van der Waals surface area contributed by atoms with Gasteiger partial charge in [-0.05, 0) is 31.2 Å². The number of para-hydroxylation sites is 1. The highest BCUT2D eigenvalue weighted by molar-refractivity contribution is 7.99. The fourth-order valence-electron chi connectivity index (χ4n) is 2.53. The van der Waals surface area contributed by atoms with Gasteiger partial charge < -0.3 is 5.32 Å². The molecule has 3 aromatic rings. The van der Waals surface area contributed by atoms with Gasteiger partial charge in [0.15, 0.2) is 0 Å². The number of nitrogens with zero attached hydrogens (tertiary/aromatic N) is 1. The Hall–Kier alpha value is -2.73. The molecule has 1 heterocycles. The zero-order valence-electron chi connectivity index (χ0n) is 13.9. The molecule has 0 aliphatic rings. The maximum absolute atomic E-state index is 12.7. The van der Waals surface area contributed by atoms with Crippen molar-refractivity contribution < 1.29 is 13.6 Å². The van der Waals surface area contributed by atoms with Gasteiger partial charge in [0.05, 0.1) is 22.6 Å². The smallest absolute Gasteiger partial charge is 0.288 e. The quantitative estimate of drug-likeness (QED) is 0.592. The maximum atomic E-state index is 12.7. The van der Waals surface area contributed by atoms with Crippen molar-refractivity contribution in [2.75, 3.05) is 5.32 Å². The van der Waals surface area contributed by atoms with E-state index in [1.54, 1.807) is 43.3 Å². The van der Waals surface area contributed by atoms with Crippen LogP contribution in [0.4, 0.5) is 14.5 Å². The average molecular weight is 370 g/mol. The normalized spacial score (nSPS) is 10.8. The molecular formula is C20H16F2N2OS. The van der Waals surface area contributed by atoms with Crippen molar-refractivity contribution in [3.8, 4) is 11.3 Å². The van der Waals surface area contributed by atoms with Crippen LogP contribution in [0.2, 0.25) is 0 Å². The van der Waals surface area contributed by atoms with Crippen LogP contribution in [0.15, 0.2) is 71.6 Å². The molecule has 0 radical (unpaired) electrons. The number of pyridine rings is 1. The van der Waals surface area contributed by atoms with Gasteiger partial charge in [0, 0.05) is 10.5 Å². The molecule has 26 heavy (non-hydrogen) atoms. The highest BCUT2D eigenvalue weighted by Crippen LogP contribution is 2.32. The summed E-state index contributed by atoms with van der Waals surface area (Å²) >= 11 is 0.402. The lowest BCUT2D eigenvalue weighted by Gasteiger charge is -2.12. The van der Waals surface area contributed by atoms with Gasteiger partial charge in [-0.3, -0.25) is 9.78 Å². The van der Waals surface area contributed by atoms with E-state index in [2.05, 4.69) is 10.3 Å². The Labute approximate surface area is 154 Å². The van der Waals surface area contributed by atoms with Crippen LogP contribution in [0.5, 0.6) is 0 Å². The van der Waals surface area contributed by atoms with E-state index in [-0.39, 0.29) is 5.91 Å². The molecule has 0 atom stereocenters. The number of halogens is 2. The number of amides is 1. The minimum Gasteiger partial charge on any atom is -0.321 e. The number of aryl methyl sites for hydroxylation is 1. The topological polar surface area (TPSA) is 42.0 Å². The first kappa shape index (κ1) is 18.1. The lowest BCUT2D eigenvalue weighted by molar-refractivity contribution is 0.102. The van der Waals surface area contributed by atoms with Crippen molar-refractivity contribution in [3.05, 3.63) is 78.0 Å². The molecule has 6 heteroatoms. The zero-order valence-corrected chi connectivity index (χ0v) is 14.8. The Balaban J connectivity index is 1.83. The lowest BCUT2D eigenvalue weighted by Crippen LogP contribution is -2.15. The number of carbonyl (C=O) groups excluding carboxylic acids is 1. The van der Waals surface area contributed by atoms with Crippen molar-refractivity contribution >= 4 is 23.4 Å². The first-order chi connectivity index (χ1) is 12.5. The lowest BCUT2D eigenvalue weighted by atomic mass is 10.1. The molecule has 3 nitrogen and oxygen atoms in total. The summed E-state index contributed by atoms with van der Waals surface area (Å²) in [6.07, 6.45) is 0. The van der Waals surface area contributed by atoms with Crippen molar-refractivity contribution in [3.63, 3.8) is 0 Å². The second kappa shape index (κ2) is 8.10. The number of anilines is 1. The summed E-state index contributed by atoms with van der Waals surface area (Å²) in [6, 6.07) is 19.6. The number of alkyl halides is 2. The zero-order chi connectivity index (χ0) is 18.5. The molecular weight excluding hydrogens is 354 g/mol. The van der Waals surface area contributed by atoms with Crippen LogP contribution < -0.4 is 5.32 Å². The number of benzene rings is 2. The number of carbonyl (C=O) groups is 1. The molecule has 0 saturated heterocycles. The number of thioether (sulfide) groups is 1. The van der Waals surface area contributed by atoms with E-state index < -0.39 is 5.76 Å². The summed E-state index contributed by atoms with van der Waals surface area (Å²) in [7, 11) is 0. The molecule has 1 amide bonds. The van der Waals surface area contributed by atoms with Crippen molar-refractivity contribution in [1.82, 2.24) is 4.98 Å². The third-order valence-electron chi connectivity index (χ3n) is 3.75. The summed E-state index contributed by atoms with van der Waals surface area (Å²) in [4.78, 5) is 17.4. The van der Waals surface area contributed by atoms with Crippen LogP contribution in [0.1, 0.15) is 16.1 Å². The molecule has 0 saturated carbocycles. The van der Waals surface area contributed by atoms with E-state index >= 15 is 0 Å². The fourth-order valence-corrected chi connectivity index (χ4v) is 3.12. The van der Waals surface area contributed by atoms with Gasteiger partial charge >= 0.3 is 0 Å². The number of aromatic nitrogens is 1. The molecule has 1 aromatic heterocycles. The van der Waals surface area contributed by atoms with Gasteiger partial charge in [-0.1, -0.05) is 54.2 Å². The molecule has 1 N–H and O–H groups in total. The third kappa shape index (κ3) is 4.26. The molecule has 0 fully saturated rings. The van der Waals surface area contributed by atoms with E-state index in [9.17, 15) is 13.6 Å². The Kier molecular flexibility index (Phi) is 5.63. The van der Waals surface area contributed by atoms with Crippen LogP contribution in [0.25, 0.3) is 11.3 Å². The first-order valence-corrected chi connectivity index (χ1v) is 8.81. The highest BCUT2D eigenvalue weighted by atomic mass is 32.2. The second-order valence-corrected chi connectivity index (χ2v) is 6.56. The van der Waals surface area contributed by atoms with Gasteiger partial charge in [0.2, 0.25) is 0 Å². The molecule has 132 valence electrons. The van der Waals surface area contributed by atoms with Gasteiger partial charge in [0.25, 0.3) is 11.7 Å². The van der Waals surface area contributed by atoms with E-state index in [0.717, 1.165) is 11.3 Å².